The van der Waals surface area contributed by atoms with Gasteiger partial charge < -0.3 is 4.74 Å². The van der Waals surface area contributed by atoms with Gasteiger partial charge in [0.25, 0.3) is 0 Å². The zero-order chi connectivity index (χ0) is 31.1. The van der Waals surface area contributed by atoms with Gasteiger partial charge in [0.15, 0.2) is 17.5 Å². The van der Waals surface area contributed by atoms with E-state index in [-0.39, 0.29) is 0 Å². The lowest BCUT2D eigenvalue weighted by molar-refractivity contribution is 0.106. The first kappa shape index (κ1) is 27.7. The van der Waals surface area contributed by atoms with Crippen LogP contribution in [-0.4, -0.2) is 15.0 Å². The molecular formula is C42H31N3O. The van der Waals surface area contributed by atoms with Crippen molar-refractivity contribution >= 4 is 0 Å². The van der Waals surface area contributed by atoms with Crippen LogP contribution in [0.3, 0.4) is 0 Å². The predicted molar refractivity (Wildman–Crippen MR) is 186 cm³/mol. The van der Waals surface area contributed by atoms with E-state index in [9.17, 15) is 0 Å². The Hall–Kier alpha value is -5.87. The number of benzene rings is 6. The molecule has 1 aromatic heterocycles. The topological polar surface area (TPSA) is 47.9 Å². The molecule has 0 fully saturated rings. The van der Waals surface area contributed by atoms with Crippen LogP contribution in [0, 0.1) is 0 Å². The Labute approximate surface area is 269 Å². The lowest BCUT2D eigenvalue weighted by Gasteiger charge is -2.35. The van der Waals surface area contributed by atoms with Crippen molar-refractivity contribution in [1.82, 2.24) is 15.0 Å². The highest BCUT2D eigenvalue weighted by Gasteiger charge is 2.32. The molecule has 0 N–H and O–H groups in total. The molecule has 7 aromatic rings. The van der Waals surface area contributed by atoms with Crippen molar-refractivity contribution in [2.75, 3.05) is 0 Å². The van der Waals surface area contributed by atoms with E-state index >= 15 is 0 Å². The van der Waals surface area contributed by atoms with Gasteiger partial charge in [-0.2, -0.15) is 0 Å². The van der Waals surface area contributed by atoms with Crippen molar-refractivity contribution in [1.29, 1.82) is 0 Å². The van der Waals surface area contributed by atoms with Crippen LogP contribution in [-0.2, 0) is 5.60 Å². The van der Waals surface area contributed by atoms with E-state index < -0.39 is 5.60 Å². The molecule has 0 saturated heterocycles. The molecule has 6 aromatic carbocycles. The highest BCUT2D eigenvalue weighted by atomic mass is 16.5. The average Bonchev–Trinajstić information content (AvgIpc) is 3.12. The largest absolute Gasteiger partial charge is 0.482 e. The van der Waals surface area contributed by atoms with Crippen LogP contribution >= 0.6 is 0 Å². The summed E-state index contributed by atoms with van der Waals surface area (Å²) in [6.07, 6.45) is 0. The van der Waals surface area contributed by atoms with Crippen molar-refractivity contribution < 1.29 is 4.74 Å². The van der Waals surface area contributed by atoms with E-state index in [1.54, 1.807) is 0 Å². The molecule has 8 rings (SSSR count). The first-order chi connectivity index (χ1) is 22.5. The summed E-state index contributed by atoms with van der Waals surface area (Å²) in [7, 11) is 0. The fourth-order valence-corrected chi connectivity index (χ4v) is 6.24. The molecule has 0 radical (unpaired) electrons. The number of rotatable bonds is 5. The second kappa shape index (κ2) is 11.2. The molecule has 0 amide bonds. The minimum atomic E-state index is -0.424. The molecule has 2 heterocycles. The molecular weight excluding hydrogens is 562 g/mol. The first-order valence-electron chi connectivity index (χ1n) is 15.5. The van der Waals surface area contributed by atoms with Gasteiger partial charge in [0, 0.05) is 27.8 Å². The van der Waals surface area contributed by atoms with Crippen LogP contribution in [0.4, 0.5) is 0 Å². The van der Waals surface area contributed by atoms with Gasteiger partial charge in [-0.15, -0.1) is 0 Å². The standard InChI is InChI=1S/C42H31N3O/c1-42(2)37-21-13-12-20-35(37)36-27-31(22-23-38(36)46-42)40-43-39(30-18-10-5-11-19-30)44-41(45-40)34-25-32(28-14-6-3-7-15-28)24-33(26-34)29-16-8-4-9-17-29/h3-27H,1-2H3. The molecule has 0 spiro atoms. The quantitative estimate of drug-likeness (QED) is 0.199. The van der Waals surface area contributed by atoms with E-state index in [2.05, 4.69) is 111 Å². The summed E-state index contributed by atoms with van der Waals surface area (Å²) in [6.45, 7) is 4.22. The molecule has 0 atom stereocenters. The van der Waals surface area contributed by atoms with Gasteiger partial charge >= 0.3 is 0 Å². The summed E-state index contributed by atoms with van der Waals surface area (Å²) < 4.78 is 6.48. The third-order valence-electron chi connectivity index (χ3n) is 8.54. The normalized spacial score (nSPS) is 12.9. The van der Waals surface area contributed by atoms with Crippen LogP contribution in [0.2, 0.25) is 0 Å². The van der Waals surface area contributed by atoms with Crippen molar-refractivity contribution in [3.8, 4) is 73.3 Å². The maximum atomic E-state index is 6.48. The van der Waals surface area contributed by atoms with Crippen LogP contribution in [0.1, 0.15) is 19.4 Å². The van der Waals surface area contributed by atoms with E-state index in [1.165, 1.54) is 0 Å². The second-order valence-electron chi connectivity index (χ2n) is 12.1. The molecule has 0 bridgehead atoms. The fourth-order valence-electron chi connectivity index (χ4n) is 6.24. The average molecular weight is 594 g/mol. The minimum absolute atomic E-state index is 0.424. The molecule has 0 unspecified atom stereocenters. The number of fused-ring (bicyclic) bond motifs is 3. The maximum Gasteiger partial charge on any atom is 0.164 e. The summed E-state index contributed by atoms with van der Waals surface area (Å²) in [6, 6.07) is 52.3. The second-order valence-corrected chi connectivity index (χ2v) is 12.1. The molecule has 46 heavy (non-hydrogen) atoms. The Kier molecular flexibility index (Phi) is 6.76. The SMILES string of the molecule is CC1(C)Oc2ccc(-c3nc(-c4ccccc4)nc(-c4cc(-c5ccccc5)cc(-c5ccccc5)c4)n3)cc2-c2ccccc21. The molecule has 4 nitrogen and oxygen atoms in total. The number of nitrogens with zero attached hydrogens (tertiary/aromatic N) is 3. The third-order valence-corrected chi connectivity index (χ3v) is 8.54. The van der Waals surface area contributed by atoms with Gasteiger partial charge in [-0.1, -0.05) is 115 Å². The molecule has 0 saturated carbocycles. The molecule has 1 aliphatic rings. The summed E-state index contributed by atoms with van der Waals surface area (Å²) in [5, 5.41) is 0. The van der Waals surface area contributed by atoms with E-state index in [0.29, 0.717) is 17.5 Å². The van der Waals surface area contributed by atoms with Gasteiger partial charge in [-0.25, -0.2) is 15.0 Å². The highest BCUT2D eigenvalue weighted by Crippen LogP contribution is 2.46. The Morgan fingerprint density at radius 2 is 0.870 bits per heavy atom. The Morgan fingerprint density at radius 3 is 1.48 bits per heavy atom. The summed E-state index contributed by atoms with van der Waals surface area (Å²) in [5.74, 6) is 2.71. The first-order valence-corrected chi connectivity index (χ1v) is 15.5. The number of hydrogen-bond acceptors (Lipinski definition) is 4. The van der Waals surface area contributed by atoms with Crippen LogP contribution in [0.25, 0.3) is 67.5 Å². The van der Waals surface area contributed by atoms with Gasteiger partial charge in [0.2, 0.25) is 0 Å². The van der Waals surface area contributed by atoms with Crippen LogP contribution < -0.4 is 4.74 Å². The molecule has 4 heteroatoms. The van der Waals surface area contributed by atoms with Gasteiger partial charge in [0.05, 0.1) is 0 Å². The number of aromatic nitrogens is 3. The maximum absolute atomic E-state index is 6.48. The van der Waals surface area contributed by atoms with Gasteiger partial charge in [-0.3, -0.25) is 0 Å². The Morgan fingerprint density at radius 1 is 0.391 bits per heavy atom. The predicted octanol–water partition coefficient (Wildman–Crippen LogP) is 10.5. The van der Waals surface area contributed by atoms with Crippen molar-refractivity contribution in [2.24, 2.45) is 0 Å². The summed E-state index contributed by atoms with van der Waals surface area (Å²) in [5.41, 5.74) is 10.2. The van der Waals surface area contributed by atoms with E-state index in [0.717, 1.165) is 61.4 Å². The lowest BCUT2D eigenvalue weighted by Crippen LogP contribution is -2.29. The zero-order valence-electron chi connectivity index (χ0n) is 25.7. The van der Waals surface area contributed by atoms with Gasteiger partial charge in [-0.05, 0) is 78.1 Å². The monoisotopic (exact) mass is 593 g/mol. The minimum Gasteiger partial charge on any atom is -0.482 e. The zero-order valence-corrected chi connectivity index (χ0v) is 25.7. The number of hydrogen-bond donors (Lipinski definition) is 0. The summed E-state index contributed by atoms with van der Waals surface area (Å²) >= 11 is 0. The van der Waals surface area contributed by atoms with E-state index in [4.69, 9.17) is 19.7 Å². The van der Waals surface area contributed by atoms with Crippen molar-refractivity contribution in [2.45, 2.75) is 19.4 Å². The number of ether oxygens (including phenoxy) is 1. The lowest BCUT2D eigenvalue weighted by atomic mass is 9.86. The molecule has 1 aliphatic heterocycles. The van der Waals surface area contributed by atoms with Crippen LogP contribution in [0.15, 0.2) is 152 Å². The van der Waals surface area contributed by atoms with Crippen molar-refractivity contribution in [3.05, 3.63) is 157 Å². The van der Waals surface area contributed by atoms with E-state index in [1.807, 2.05) is 54.6 Å². The van der Waals surface area contributed by atoms with Crippen LogP contribution in [0.5, 0.6) is 5.75 Å². The van der Waals surface area contributed by atoms with Gasteiger partial charge in [0.1, 0.15) is 11.4 Å². The molecule has 220 valence electrons. The Balaban J connectivity index is 1.33. The third kappa shape index (κ3) is 5.14. The fraction of sp³-hybridized carbons (Fsp3) is 0.0714. The summed E-state index contributed by atoms with van der Waals surface area (Å²) in [4.78, 5) is 15.2. The highest BCUT2D eigenvalue weighted by molar-refractivity contribution is 5.82. The smallest absolute Gasteiger partial charge is 0.164 e. The molecule has 0 aliphatic carbocycles. The Bertz CT molecular complexity index is 2140. The van der Waals surface area contributed by atoms with Crippen molar-refractivity contribution in [3.63, 3.8) is 0 Å².